The van der Waals surface area contributed by atoms with Crippen LogP contribution in [0, 0.1) is 0 Å². The minimum atomic E-state index is -2.94. The van der Waals surface area contributed by atoms with Crippen LogP contribution in [0.4, 0.5) is 8.78 Å². The number of rotatable bonds is 10. The first-order valence-corrected chi connectivity index (χ1v) is 10.5. The van der Waals surface area contributed by atoms with Gasteiger partial charge in [0.15, 0.2) is 0 Å². The number of carbonyl (C=O) groups is 1. The molecule has 0 spiro atoms. The Hall–Kier alpha value is -2.64. The number of fused-ring (bicyclic) bond motifs is 1. The molecule has 30 heavy (non-hydrogen) atoms. The van der Waals surface area contributed by atoms with E-state index in [-0.39, 0.29) is 12.8 Å². The van der Waals surface area contributed by atoms with E-state index in [9.17, 15) is 13.6 Å². The van der Waals surface area contributed by atoms with Crippen molar-refractivity contribution in [3.8, 4) is 0 Å². The predicted molar refractivity (Wildman–Crippen MR) is 111 cm³/mol. The number of amidine groups is 1. The Balaban J connectivity index is 1.48. The Morgan fingerprint density at radius 1 is 1.20 bits per heavy atom. The van der Waals surface area contributed by atoms with Gasteiger partial charge in [-0.15, -0.1) is 0 Å². The first-order chi connectivity index (χ1) is 14.4. The molecule has 2 N–H and O–H groups in total. The van der Waals surface area contributed by atoms with Crippen LogP contribution in [0.2, 0.25) is 0 Å². The Kier molecular flexibility index (Phi) is 7.65. The maximum absolute atomic E-state index is 14.5. The van der Waals surface area contributed by atoms with Crippen LogP contribution in [-0.4, -0.2) is 39.3 Å². The second-order valence-electron chi connectivity index (χ2n) is 7.93. The molecule has 0 saturated heterocycles. The number of unbranched alkanes of at least 4 members (excludes halogenated alkanes) is 1. The monoisotopic (exact) mass is 418 g/mol. The van der Waals surface area contributed by atoms with E-state index in [0.29, 0.717) is 24.8 Å². The van der Waals surface area contributed by atoms with Gasteiger partial charge in [0, 0.05) is 43.4 Å². The zero-order valence-corrected chi connectivity index (χ0v) is 17.0. The average molecular weight is 418 g/mol. The highest BCUT2D eigenvalue weighted by Gasteiger charge is 2.34. The van der Waals surface area contributed by atoms with Crippen molar-refractivity contribution >= 4 is 11.8 Å². The summed E-state index contributed by atoms with van der Waals surface area (Å²) in [5, 5.41) is 12.4. The number of aromatic nitrogens is 2. The number of carboxylic acids is 1. The molecular formula is C22H28F2N4O2. The summed E-state index contributed by atoms with van der Waals surface area (Å²) in [4.78, 5) is 23.3. The topological polar surface area (TPSA) is 87.5 Å². The third-order valence-corrected chi connectivity index (χ3v) is 5.45. The van der Waals surface area contributed by atoms with Crippen LogP contribution in [0.3, 0.4) is 0 Å². The molecule has 0 radical (unpaired) electrons. The fourth-order valence-electron chi connectivity index (χ4n) is 3.86. The van der Waals surface area contributed by atoms with Crippen LogP contribution in [0.1, 0.15) is 69.3 Å². The smallest absolute Gasteiger partial charge is 0.303 e. The molecule has 0 amide bonds. The molecule has 0 fully saturated rings. The summed E-state index contributed by atoms with van der Waals surface area (Å²) in [6, 6.07) is 0. The maximum atomic E-state index is 14.5. The highest BCUT2D eigenvalue weighted by molar-refractivity contribution is 6.00. The number of aliphatic carboxylic acids is 1. The van der Waals surface area contributed by atoms with Crippen LogP contribution < -0.4 is 5.32 Å². The van der Waals surface area contributed by atoms with Gasteiger partial charge in [0.25, 0.3) is 0 Å². The number of hydrogen-bond donors (Lipinski definition) is 2. The lowest BCUT2D eigenvalue weighted by atomic mass is 9.89. The van der Waals surface area contributed by atoms with Gasteiger partial charge in [-0.25, -0.2) is 18.7 Å². The predicted octanol–water partition coefficient (Wildman–Crippen LogP) is 4.62. The number of carboxylic acid groups (broad SMARTS) is 1. The molecule has 3 heterocycles. The summed E-state index contributed by atoms with van der Waals surface area (Å²) >= 11 is 0. The third kappa shape index (κ3) is 6.71. The molecule has 0 aromatic carbocycles. The molecular weight excluding hydrogens is 390 g/mol. The van der Waals surface area contributed by atoms with Crippen LogP contribution in [0.5, 0.6) is 0 Å². The minimum Gasteiger partial charge on any atom is -0.481 e. The average Bonchev–Trinajstić information content (AvgIpc) is 2.96. The first kappa shape index (κ1) is 22.1. The molecule has 1 atom stereocenters. The molecule has 6 nitrogen and oxygen atoms in total. The summed E-state index contributed by atoms with van der Waals surface area (Å²) in [5.74, 6) is -3.93. The molecule has 1 aromatic heterocycles. The zero-order chi connectivity index (χ0) is 21.4. The quantitative estimate of drug-likeness (QED) is 0.542. The van der Waals surface area contributed by atoms with Crippen molar-refractivity contribution in [3.05, 3.63) is 47.7 Å². The SMILES string of the molecule is O=C(O)C[C@H](CC(F)(F)CCCCC1=CC=C2CCCCN=C2N1)c1cncnc1. The number of halogens is 2. The van der Waals surface area contributed by atoms with E-state index >= 15 is 0 Å². The first-order valence-electron chi connectivity index (χ1n) is 10.5. The lowest BCUT2D eigenvalue weighted by Crippen LogP contribution is -2.27. The summed E-state index contributed by atoms with van der Waals surface area (Å²) in [6.07, 6.45) is 12.0. The van der Waals surface area contributed by atoms with Crippen molar-refractivity contribution in [2.45, 2.75) is 69.6 Å². The number of aliphatic imine (C=N–C) groups is 1. The van der Waals surface area contributed by atoms with Crippen molar-refractivity contribution in [1.82, 2.24) is 15.3 Å². The number of dihydropyridines is 1. The minimum absolute atomic E-state index is 0.272. The maximum Gasteiger partial charge on any atom is 0.303 e. The van der Waals surface area contributed by atoms with Gasteiger partial charge in [-0.05, 0) is 55.7 Å². The van der Waals surface area contributed by atoms with E-state index in [0.717, 1.165) is 37.3 Å². The number of nitrogens with zero attached hydrogens (tertiary/aromatic N) is 3. The van der Waals surface area contributed by atoms with Gasteiger partial charge in [-0.1, -0.05) is 6.08 Å². The molecule has 0 bridgehead atoms. The Morgan fingerprint density at radius 2 is 2.00 bits per heavy atom. The molecule has 8 heteroatoms. The lowest BCUT2D eigenvalue weighted by Gasteiger charge is -2.23. The summed E-state index contributed by atoms with van der Waals surface area (Å²) in [7, 11) is 0. The van der Waals surface area contributed by atoms with Crippen molar-refractivity contribution in [1.29, 1.82) is 0 Å². The molecule has 2 aliphatic rings. The highest BCUT2D eigenvalue weighted by atomic mass is 19.3. The summed E-state index contributed by atoms with van der Waals surface area (Å²) < 4.78 is 29.1. The van der Waals surface area contributed by atoms with E-state index in [1.165, 1.54) is 24.3 Å². The van der Waals surface area contributed by atoms with E-state index in [1.54, 1.807) is 0 Å². The van der Waals surface area contributed by atoms with Crippen molar-refractivity contribution in [2.75, 3.05) is 6.54 Å². The van der Waals surface area contributed by atoms with Gasteiger partial charge in [0.1, 0.15) is 12.2 Å². The van der Waals surface area contributed by atoms with Gasteiger partial charge in [0.05, 0.1) is 6.42 Å². The molecule has 3 rings (SSSR count). The van der Waals surface area contributed by atoms with Crippen LogP contribution >= 0.6 is 0 Å². The molecule has 162 valence electrons. The van der Waals surface area contributed by atoms with E-state index < -0.39 is 24.2 Å². The number of allylic oxidation sites excluding steroid dienone is 3. The van der Waals surface area contributed by atoms with Gasteiger partial charge in [0.2, 0.25) is 5.92 Å². The standard InChI is InChI=1S/C22H28F2N4O2/c23-22(24,12-17(11-20(29)30)18-13-25-15-26-14-18)9-3-1-6-19-8-7-16-5-2-4-10-27-21(16)28-19/h7-8,13-15,17H,1-6,9-12H2,(H,27,28)(H,29,30)/t17-/m1/s1. The van der Waals surface area contributed by atoms with E-state index in [1.807, 2.05) is 6.08 Å². The van der Waals surface area contributed by atoms with Gasteiger partial charge in [-0.2, -0.15) is 0 Å². The molecule has 0 unspecified atom stereocenters. The Labute approximate surface area is 175 Å². The van der Waals surface area contributed by atoms with E-state index in [2.05, 4.69) is 26.4 Å². The number of hydrogen-bond acceptors (Lipinski definition) is 5. The number of nitrogens with one attached hydrogen (secondary N) is 1. The second kappa shape index (κ2) is 10.4. The van der Waals surface area contributed by atoms with Crippen molar-refractivity contribution in [3.63, 3.8) is 0 Å². The zero-order valence-electron chi connectivity index (χ0n) is 17.0. The van der Waals surface area contributed by atoms with Gasteiger partial charge in [-0.3, -0.25) is 9.79 Å². The van der Waals surface area contributed by atoms with Crippen molar-refractivity contribution < 1.29 is 18.7 Å². The highest BCUT2D eigenvalue weighted by Crippen LogP contribution is 2.35. The summed E-state index contributed by atoms with van der Waals surface area (Å²) in [5.41, 5.74) is 2.66. The van der Waals surface area contributed by atoms with Gasteiger partial charge < -0.3 is 10.4 Å². The molecule has 0 saturated carbocycles. The second-order valence-corrected chi connectivity index (χ2v) is 7.93. The summed E-state index contributed by atoms with van der Waals surface area (Å²) in [6.45, 7) is 0.823. The molecule has 1 aromatic rings. The fourth-order valence-corrected chi connectivity index (χ4v) is 3.86. The lowest BCUT2D eigenvalue weighted by molar-refractivity contribution is -0.138. The Bertz CT molecular complexity index is 822. The van der Waals surface area contributed by atoms with Gasteiger partial charge >= 0.3 is 5.97 Å². The van der Waals surface area contributed by atoms with Crippen LogP contribution in [-0.2, 0) is 4.79 Å². The van der Waals surface area contributed by atoms with Crippen LogP contribution in [0.25, 0.3) is 0 Å². The number of alkyl halides is 2. The molecule has 2 aliphatic heterocycles. The fraction of sp³-hybridized carbons (Fsp3) is 0.545. The largest absolute Gasteiger partial charge is 0.481 e. The molecule has 0 aliphatic carbocycles. The van der Waals surface area contributed by atoms with Crippen LogP contribution in [0.15, 0.2) is 47.1 Å². The Morgan fingerprint density at radius 3 is 2.77 bits per heavy atom. The normalized spacial score (nSPS) is 17.6. The van der Waals surface area contributed by atoms with Crippen molar-refractivity contribution in [2.24, 2.45) is 4.99 Å². The van der Waals surface area contributed by atoms with E-state index in [4.69, 9.17) is 5.11 Å². The third-order valence-electron chi connectivity index (χ3n) is 5.45.